The lowest BCUT2D eigenvalue weighted by Gasteiger charge is -2.18. The first kappa shape index (κ1) is 13.6. The average molecular weight is 256 g/mol. The molecule has 1 heterocycles. The fraction of sp³-hybridized carbons (Fsp3) is 0.312. The molecule has 0 spiro atoms. The van der Waals surface area contributed by atoms with E-state index in [2.05, 4.69) is 18.8 Å². The van der Waals surface area contributed by atoms with Gasteiger partial charge in [0, 0.05) is 12.4 Å². The summed E-state index contributed by atoms with van der Waals surface area (Å²) in [7, 11) is 1.67. The first-order chi connectivity index (χ1) is 9.17. The number of rotatable bonds is 4. The molecule has 0 amide bonds. The minimum Gasteiger partial charge on any atom is -0.497 e. The summed E-state index contributed by atoms with van der Waals surface area (Å²) in [6.45, 7) is 4.18. The molecule has 2 rings (SSSR count). The van der Waals surface area contributed by atoms with Gasteiger partial charge in [0.25, 0.3) is 0 Å². The zero-order valence-corrected chi connectivity index (χ0v) is 11.7. The van der Waals surface area contributed by atoms with Gasteiger partial charge in [-0.25, -0.2) is 0 Å². The Morgan fingerprint density at radius 3 is 2.68 bits per heavy atom. The molecule has 1 aromatic carbocycles. The van der Waals surface area contributed by atoms with Gasteiger partial charge in [0.15, 0.2) is 0 Å². The molecule has 0 aliphatic rings. The van der Waals surface area contributed by atoms with E-state index in [0.717, 1.165) is 28.9 Å². The number of nitrogens with zero attached hydrogens (tertiary/aromatic N) is 1. The number of methoxy groups -OCH3 is 1. The van der Waals surface area contributed by atoms with Gasteiger partial charge in [-0.1, -0.05) is 13.0 Å². The van der Waals surface area contributed by atoms with Crippen LogP contribution in [-0.2, 0) is 6.42 Å². The minimum atomic E-state index is -0.121. The summed E-state index contributed by atoms with van der Waals surface area (Å²) < 4.78 is 5.23. The van der Waals surface area contributed by atoms with Gasteiger partial charge in [-0.15, -0.1) is 0 Å². The summed E-state index contributed by atoms with van der Waals surface area (Å²) in [5, 5.41) is 0. The minimum absolute atomic E-state index is 0.121. The van der Waals surface area contributed by atoms with Crippen LogP contribution in [0.2, 0.25) is 0 Å². The maximum absolute atomic E-state index is 6.42. The highest BCUT2D eigenvalue weighted by molar-refractivity contribution is 5.42. The van der Waals surface area contributed by atoms with Crippen molar-refractivity contribution in [2.45, 2.75) is 26.3 Å². The molecule has 1 unspecified atom stereocenters. The first-order valence-corrected chi connectivity index (χ1v) is 6.50. The number of benzene rings is 1. The molecular weight excluding hydrogens is 236 g/mol. The quantitative estimate of drug-likeness (QED) is 0.914. The highest BCUT2D eigenvalue weighted by Gasteiger charge is 2.14. The Kier molecular flexibility index (Phi) is 4.17. The van der Waals surface area contributed by atoms with Crippen LogP contribution in [0.3, 0.4) is 0 Å². The van der Waals surface area contributed by atoms with Crippen molar-refractivity contribution in [2.24, 2.45) is 5.73 Å². The van der Waals surface area contributed by atoms with E-state index in [0.29, 0.717) is 0 Å². The molecule has 0 aliphatic heterocycles. The van der Waals surface area contributed by atoms with Crippen LogP contribution < -0.4 is 10.5 Å². The molecule has 100 valence electrons. The molecule has 0 bridgehead atoms. The highest BCUT2D eigenvalue weighted by atomic mass is 16.5. The molecule has 0 saturated heterocycles. The van der Waals surface area contributed by atoms with Gasteiger partial charge < -0.3 is 10.5 Å². The number of pyridine rings is 1. The number of ether oxygens (including phenoxy) is 1. The Balaban J connectivity index is 2.41. The Labute approximate surface area is 114 Å². The standard InChI is InChI=1S/C16H20N2O/c1-4-12-10-18-8-7-15(12)16(17)14-6-5-13(19-3)9-11(14)2/h5-10,16H,4,17H2,1-3H3. The zero-order valence-electron chi connectivity index (χ0n) is 11.7. The smallest absolute Gasteiger partial charge is 0.119 e. The van der Waals surface area contributed by atoms with Gasteiger partial charge in [-0.3, -0.25) is 4.98 Å². The number of nitrogens with two attached hydrogens (primary N) is 1. The van der Waals surface area contributed by atoms with Gasteiger partial charge >= 0.3 is 0 Å². The molecule has 19 heavy (non-hydrogen) atoms. The van der Waals surface area contributed by atoms with Crippen molar-refractivity contribution >= 4 is 0 Å². The molecule has 0 radical (unpaired) electrons. The number of hydrogen-bond donors (Lipinski definition) is 1. The molecule has 3 heteroatoms. The van der Waals surface area contributed by atoms with Gasteiger partial charge in [-0.05, 0) is 53.8 Å². The summed E-state index contributed by atoms with van der Waals surface area (Å²) in [4.78, 5) is 4.17. The van der Waals surface area contributed by atoms with Crippen molar-refractivity contribution in [3.63, 3.8) is 0 Å². The van der Waals surface area contributed by atoms with E-state index in [-0.39, 0.29) is 6.04 Å². The third-order valence-electron chi connectivity index (χ3n) is 3.47. The normalized spacial score (nSPS) is 12.2. The Hall–Kier alpha value is -1.87. The van der Waals surface area contributed by atoms with Crippen LogP contribution in [0.25, 0.3) is 0 Å². The van der Waals surface area contributed by atoms with E-state index in [1.165, 1.54) is 5.56 Å². The van der Waals surface area contributed by atoms with E-state index < -0.39 is 0 Å². The average Bonchev–Trinajstić information content (AvgIpc) is 2.46. The van der Waals surface area contributed by atoms with Crippen molar-refractivity contribution < 1.29 is 4.74 Å². The predicted molar refractivity (Wildman–Crippen MR) is 77.4 cm³/mol. The topological polar surface area (TPSA) is 48.1 Å². The predicted octanol–water partition coefficient (Wildman–Crippen LogP) is 3.01. The molecule has 0 fully saturated rings. The van der Waals surface area contributed by atoms with E-state index in [1.807, 2.05) is 30.5 Å². The van der Waals surface area contributed by atoms with E-state index in [9.17, 15) is 0 Å². The van der Waals surface area contributed by atoms with E-state index in [4.69, 9.17) is 10.5 Å². The summed E-state index contributed by atoms with van der Waals surface area (Å²) in [5.74, 6) is 0.860. The molecule has 2 N–H and O–H groups in total. The molecule has 1 atom stereocenters. The Morgan fingerprint density at radius 1 is 1.26 bits per heavy atom. The molecule has 0 saturated carbocycles. The second-order valence-corrected chi connectivity index (χ2v) is 4.63. The lowest BCUT2D eigenvalue weighted by Crippen LogP contribution is -2.15. The summed E-state index contributed by atoms with van der Waals surface area (Å²) in [5.41, 5.74) is 11.0. The molecule has 0 aliphatic carbocycles. The Bertz CT molecular complexity index is 566. The van der Waals surface area contributed by atoms with Crippen LogP contribution in [0, 0.1) is 6.92 Å². The molecule has 2 aromatic rings. The second kappa shape index (κ2) is 5.85. The second-order valence-electron chi connectivity index (χ2n) is 4.63. The maximum atomic E-state index is 6.42. The lowest BCUT2D eigenvalue weighted by atomic mass is 9.93. The highest BCUT2D eigenvalue weighted by Crippen LogP contribution is 2.27. The van der Waals surface area contributed by atoms with Crippen LogP contribution in [0.1, 0.15) is 35.2 Å². The zero-order chi connectivity index (χ0) is 13.8. The summed E-state index contributed by atoms with van der Waals surface area (Å²) >= 11 is 0. The van der Waals surface area contributed by atoms with Crippen LogP contribution in [0.4, 0.5) is 0 Å². The van der Waals surface area contributed by atoms with Crippen LogP contribution in [-0.4, -0.2) is 12.1 Å². The first-order valence-electron chi connectivity index (χ1n) is 6.50. The van der Waals surface area contributed by atoms with E-state index in [1.54, 1.807) is 13.3 Å². The van der Waals surface area contributed by atoms with Crippen LogP contribution in [0.5, 0.6) is 5.75 Å². The Morgan fingerprint density at radius 2 is 2.05 bits per heavy atom. The third-order valence-corrected chi connectivity index (χ3v) is 3.47. The van der Waals surface area contributed by atoms with Gasteiger partial charge in [0.05, 0.1) is 13.2 Å². The van der Waals surface area contributed by atoms with Gasteiger partial charge in [0.1, 0.15) is 5.75 Å². The van der Waals surface area contributed by atoms with Crippen molar-refractivity contribution in [3.05, 3.63) is 58.9 Å². The van der Waals surface area contributed by atoms with Crippen LogP contribution >= 0.6 is 0 Å². The lowest BCUT2D eigenvalue weighted by molar-refractivity contribution is 0.414. The number of aromatic nitrogens is 1. The number of aryl methyl sites for hydroxylation is 2. The summed E-state index contributed by atoms with van der Waals surface area (Å²) in [6, 6.07) is 7.90. The van der Waals surface area contributed by atoms with Crippen LogP contribution in [0.15, 0.2) is 36.7 Å². The van der Waals surface area contributed by atoms with Crippen molar-refractivity contribution in [3.8, 4) is 5.75 Å². The monoisotopic (exact) mass is 256 g/mol. The largest absolute Gasteiger partial charge is 0.497 e. The van der Waals surface area contributed by atoms with Crippen molar-refractivity contribution in [2.75, 3.05) is 7.11 Å². The molecular formula is C16H20N2O. The SMILES string of the molecule is CCc1cnccc1C(N)c1ccc(OC)cc1C. The fourth-order valence-electron chi connectivity index (χ4n) is 2.33. The third kappa shape index (κ3) is 2.76. The van der Waals surface area contributed by atoms with E-state index >= 15 is 0 Å². The van der Waals surface area contributed by atoms with Crippen molar-refractivity contribution in [1.82, 2.24) is 4.98 Å². The molecule has 1 aromatic heterocycles. The maximum Gasteiger partial charge on any atom is 0.119 e. The van der Waals surface area contributed by atoms with Crippen molar-refractivity contribution in [1.29, 1.82) is 0 Å². The van der Waals surface area contributed by atoms with Gasteiger partial charge in [0.2, 0.25) is 0 Å². The number of hydrogen-bond acceptors (Lipinski definition) is 3. The molecule has 3 nitrogen and oxygen atoms in total. The fourth-order valence-corrected chi connectivity index (χ4v) is 2.33. The van der Waals surface area contributed by atoms with Gasteiger partial charge in [-0.2, -0.15) is 0 Å². The summed E-state index contributed by atoms with van der Waals surface area (Å²) in [6.07, 6.45) is 4.63.